The second-order valence-corrected chi connectivity index (χ2v) is 9.85. The Morgan fingerprint density at radius 1 is 0.700 bits per heavy atom. The van der Waals surface area contributed by atoms with E-state index in [0.717, 1.165) is 50.7 Å². The van der Waals surface area contributed by atoms with Gasteiger partial charge in [-0.15, -0.1) is 0 Å². The lowest BCUT2D eigenvalue weighted by Crippen LogP contribution is -2.21. The third kappa shape index (κ3) is 3.71. The van der Waals surface area contributed by atoms with E-state index < -0.39 is 0 Å². The highest BCUT2D eigenvalue weighted by Crippen LogP contribution is 2.44. The Morgan fingerprint density at radius 3 is 2.27 bits per heavy atom. The number of furan rings is 2. The van der Waals surface area contributed by atoms with Gasteiger partial charge < -0.3 is 28.1 Å². The monoisotopic (exact) mass is 525 g/mol. The number of fused-ring (bicyclic) bond motifs is 6. The zero-order valence-electron chi connectivity index (χ0n) is 21.6. The molecule has 1 aliphatic rings. The normalized spacial score (nSPS) is 13.3. The smallest absolute Gasteiger partial charge is 0.219 e. The van der Waals surface area contributed by atoms with Crippen molar-refractivity contribution in [2.24, 2.45) is 0 Å². The molecular formula is C33H23N3O4. The van der Waals surface area contributed by atoms with Gasteiger partial charge >= 0.3 is 0 Å². The molecule has 0 fully saturated rings. The number of ether oxygens (including phenoxy) is 2. The van der Waals surface area contributed by atoms with E-state index in [-0.39, 0.29) is 0 Å². The largest absolute Gasteiger partial charge is 0.457 e. The molecule has 1 aliphatic heterocycles. The van der Waals surface area contributed by atoms with Crippen LogP contribution in [0.25, 0.3) is 43.9 Å². The SMILES string of the molecule is CN1C=CN(c2cc(Oc3cc(Oc4ccccn4)c4oc5ccccc5c4c3)cc3oc4ccccc4c23)C1. The summed E-state index contributed by atoms with van der Waals surface area (Å²) in [6.45, 7) is 0.729. The Balaban J connectivity index is 1.29. The Hall–Kier alpha value is -5.43. The molecule has 0 saturated heterocycles. The molecule has 0 bridgehead atoms. The predicted octanol–water partition coefficient (Wildman–Crippen LogP) is 8.65. The fourth-order valence-electron chi connectivity index (χ4n) is 5.34. The van der Waals surface area contributed by atoms with Gasteiger partial charge in [-0.25, -0.2) is 4.98 Å². The van der Waals surface area contributed by atoms with Gasteiger partial charge in [0, 0.05) is 66.1 Å². The van der Waals surface area contributed by atoms with E-state index in [0.29, 0.717) is 28.7 Å². The quantitative estimate of drug-likeness (QED) is 0.223. The van der Waals surface area contributed by atoms with Crippen molar-refractivity contribution < 1.29 is 18.3 Å². The average Bonchev–Trinajstić information content (AvgIpc) is 3.68. The number of benzene rings is 4. The van der Waals surface area contributed by atoms with Crippen LogP contribution in [-0.4, -0.2) is 23.6 Å². The number of anilines is 1. The van der Waals surface area contributed by atoms with E-state index in [1.54, 1.807) is 6.20 Å². The number of pyridine rings is 1. The lowest BCUT2D eigenvalue weighted by molar-refractivity contribution is 0.446. The minimum atomic E-state index is 0.470. The Morgan fingerprint density at radius 2 is 1.48 bits per heavy atom. The van der Waals surface area contributed by atoms with Crippen molar-refractivity contribution in [2.75, 3.05) is 18.6 Å². The van der Waals surface area contributed by atoms with E-state index in [1.165, 1.54) is 0 Å². The maximum atomic E-state index is 6.55. The molecule has 0 saturated carbocycles. The first-order chi connectivity index (χ1) is 19.7. The minimum Gasteiger partial charge on any atom is -0.457 e. The highest BCUT2D eigenvalue weighted by Gasteiger charge is 2.21. The third-order valence-electron chi connectivity index (χ3n) is 7.12. The van der Waals surface area contributed by atoms with Crippen molar-refractivity contribution in [3.8, 4) is 23.1 Å². The molecule has 4 aromatic carbocycles. The number of hydrogen-bond donors (Lipinski definition) is 0. The lowest BCUT2D eigenvalue weighted by Gasteiger charge is -2.20. The zero-order chi connectivity index (χ0) is 26.6. The molecule has 4 heterocycles. The van der Waals surface area contributed by atoms with Crippen molar-refractivity contribution in [3.63, 3.8) is 0 Å². The lowest BCUT2D eigenvalue weighted by atomic mass is 10.1. The average molecular weight is 526 g/mol. The van der Waals surface area contributed by atoms with Crippen molar-refractivity contribution in [1.82, 2.24) is 9.88 Å². The van der Waals surface area contributed by atoms with Crippen LogP contribution in [0.1, 0.15) is 0 Å². The summed E-state index contributed by atoms with van der Waals surface area (Å²) in [5, 5.41) is 4.00. The maximum absolute atomic E-state index is 6.55. The summed E-state index contributed by atoms with van der Waals surface area (Å²) in [5.41, 5.74) is 4.02. The van der Waals surface area contributed by atoms with E-state index in [2.05, 4.69) is 46.4 Å². The fourth-order valence-corrected chi connectivity index (χ4v) is 5.34. The Bertz CT molecular complexity index is 2080. The van der Waals surface area contributed by atoms with Gasteiger partial charge in [0.05, 0.1) is 17.7 Å². The van der Waals surface area contributed by atoms with Crippen LogP contribution < -0.4 is 14.4 Å². The molecule has 7 aromatic rings. The van der Waals surface area contributed by atoms with Crippen molar-refractivity contribution >= 4 is 49.6 Å². The van der Waals surface area contributed by atoms with Crippen LogP contribution in [0, 0.1) is 0 Å². The molecule has 8 rings (SSSR count). The number of aromatic nitrogens is 1. The second-order valence-electron chi connectivity index (χ2n) is 9.85. The zero-order valence-corrected chi connectivity index (χ0v) is 21.6. The van der Waals surface area contributed by atoms with E-state index in [1.807, 2.05) is 78.9 Å². The number of para-hydroxylation sites is 2. The summed E-state index contributed by atoms with van der Waals surface area (Å²) in [5.74, 6) is 2.26. The Labute approximate surface area is 229 Å². The molecular weight excluding hydrogens is 502 g/mol. The highest BCUT2D eigenvalue weighted by molar-refractivity contribution is 6.12. The summed E-state index contributed by atoms with van der Waals surface area (Å²) >= 11 is 0. The second kappa shape index (κ2) is 8.81. The van der Waals surface area contributed by atoms with Crippen molar-refractivity contribution in [1.29, 1.82) is 0 Å². The first kappa shape index (κ1) is 22.5. The van der Waals surface area contributed by atoms with E-state index in [4.69, 9.17) is 18.3 Å². The van der Waals surface area contributed by atoms with Crippen LogP contribution in [0.15, 0.2) is 118 Å². The first-order valence-corrected chi connectivity index (χ1v) is 13.0. The van der Waals surface area contributed by atoms with Gasteiger partial charge in [-0.2, -0.15) is 0 Å². The Kier molecular flexibility index (Phi) is 4.97. The van der Waals surface area contributed by atoms with E-state index >= 15 is 0 Å². The molecule has 0 spiro atoms. The van der Waals surface area contributed by atoms with Gasteiger partial charge in [0.2, 0.25) is 5.88 Å². The van der Waals surface area contributed by atoms with Crippen LogP contribution >= 0.6 is 0 Å². The topological polar surface area (TPSA) is 64.1 Å². The number of rotatable bonds is 5. The van der Waals surface area contributed by atoms with Crippen LogP contribution in [0.2, 0.25) is 0 Å². The molecule has 0 N–H and O–H groups in total. The van der Waals surface area contributed by atoms with Gasteiger partial charge in [0.25, 0.3) is 0 Å². The summed E-state index contributed by atoms with van der Waals surface area (Å²) in [7, 11) is 2.05. The molecule has 7 heteroatoms. The summed E-state index contributed by atoms with van der Waals surface area (Å²) < 4.78 is 25.2. The summed E-state index contributed by atoms with van der Waals surface area (Å²) in [6, 6.07) is 29.4. The molecule has 0 unspecified atom stereocenters. The van der Waals surface area contributed by atoms with Gasteiger partial charge in [-0.05, 0) is 24.3 Å². The van der Waals surface area contributed by atoms with Crippen LogP contribution in [0.5, 0.6) is 23.1 Å². The molecule has 3 aromatic heterocycles. The van der Waals surface area contributed by atoms with Gasteiger partial charge in [0.1, 0.15) is 28.2 Å². The van der Waals surface area contributed by atoms with Crippen LogP contribution in [0.4, 0.5) is 5.69 Å². The van der Waals surface area contributed by atoms with Gasteiger partial charge in [-0.3, -0.25) is 0 Å². The molecule has 40 heavy (non-hydrogen) atoms. The molecule has 0 aliphatic carbocycles. The predicted molar refractivity (Wildman–Crippen MR) is 156 cm³/mol. The fraction of sp³-hybridized carbons (Fsp3) is 0.0606. The molecule has 7 nitrogen and oxygen atoms in total. The minimum absolute atomic E-state index is 0.470. The third-order valence-corrected chi connectivity index (χ3v) is 7.12. The molecule has 0 atom stereocenters. The first-order valence-electron chi connectivity index (χ1n) is 13.0. The molecule has 0 radical (unpaired) electrons. The van der Waals surface area contributed by atoms with Crippen LogP contribution in [-0.2, 0) is 0 Å². The maximum Gasteiger partial charge on any atom is 0.219 e. The van der Waals surface area contributed by atoms with Crippen molar-refractivity contribution in [2.45, 2.75) is 0 Å². The number of nitrogens with zero attached hydrogens (tertiary/aromatic N) is 3. The summed E-state index contributed by atoms with van der Waals surface area (Å²) in [6.07, 6.45) is 5.82. The van der Waals surface area contributed by atoms with Gasteiger partial charge in [0.15, 0.2) is 11.3 Å². The van der Waals surface area contributed by atoms with Crippen LogP contribution in [0.3, 0.4) is 0 Å². The summed E-state index contributed by atoms with van der Waals surface area (Å²) in [4.78, 5) is 8.65. The van der Waals surface area contributed by atoms with Gasteiger partial charge in [-0.1, -0.05) is 42.5 Å². The standard InChI is InChI=1S/C33H23N3O4/c1-35-14-15-36(20-35)26-17-22(18-29-32(26)24-9-3-5-11-28(24)38-29)37-21-16-25-23-8-2-4-10-27(23)40-33(25)30(19-21)39-31-12-6-7-13-34-31/h2-19H,20H2,1H3. The van der Waals surface area contributed by atoms with E-state index in [9.17, 15) is 0 Å². The van der Waals surface area contributed by atoms with Crippen molar-refractivity contribution in [3.05, 3.63) is 110 Å². The highest BCUT2D eigenvalue weighted by atomic mass is 16.5. The number of hydrogen-bond acceptors (Lipinski definition) is 7. The molecule has 194 valence electrons. The molecule has 0 amide bonds.